The van der Waals surface area contributed by atoms with Gasteiger partial charge < -0.3 is 9.84 Å². The van der Waals surface area contributed by atoms with Gasteiger partial charge in [0.25, 0.3) is 11.7 Å². The van der Waals surface area contributed by atoms with Crippen molar-refractivity contribution in [3.8, 4) is 5.75 Å². The van der Waals surface area contributed by atoms with Crippen molar-refractivity contribution in [3.05, 3.63) is 95.6 Å². The zero-order valence-corrected chi connectivity index (χ0v) is 15.9. The van der Waals surface area contributed by atoms with E-state index in [2.05, 4.69) is 4.98 Å². The first kappa shape index (κ1) is 19.3. The summed E-state index contributed by atoms with van der Waals surface area (Å²) in [5.41, 5.74) is 0.923. The van der Waals surface area contributed by atoms with Gasteiger partial charge in [-0.1, -0.05) is 24.3 Å². The van der Waals surface area contributed by atoms with E-state index >= 15 is 0 Å². The number of nitrogens with zero attached hydrogens (tertiary/aromatic N) is 2. The summed E-state index contributed by atoms with van der Waals surface area (Å²) in [6, 6.07) is 14.3. The van der Waals surface area contributed by atoms with Crippen LogP contribution in [0.2, 0.25) is 0 Å². The Labute approximate surface area is 171 Å². The quantitative estimate of drug-likeness (QED) is 0.406. The van der Waals surface area contributed by atoms with Crippen LogP contribution >= 0.6 is 0 Å². The van der Waals surface area contributed by atoms with Crippen LogP contribution in [0.15, 0.2) is 78.6 Å². The number of Topliss-reactive ketones (excluding diaryl/α,β-unsaturated/α-hetero) is 1. The van der Waals surface area contributed by atoms with E-state index in [0.717, 1.165) is 0 Å². The van der Waals surface area contributed by atoms with E-state index in [1.165, 1.54) is 42.5 Å². The van der Waals surface area contributed by atoms with Crippen molar-refractivity contribution in [2.45, 2.75) is 6.04 Å². The fraction of sp³-hybridized carbons (Fsp3) is 0.0870. The standard InChI is InChI=1S/C23H17FN2O4/c1-30-18-9-2-5-14(11-18)21(27)19-20(15-6-4-10-25-13-15)26(23(29)22(19)28)17-8-3-7-16(24)12-17/h2-13,20,27H,1H3/b21-19+. The summed E-state index contributed by atoms with van der Waals surface area (Å²) in [5, 5.41) is 11.0. The lowest BCUT2D eigenvalue weighted by atomic mass is 9.96. The molecule has 2 heterocycles. The number of anilines is 1. The van der Waals surface area contributed by atoms with Gasteiger partial charge in [-0.15, -0.1) is 0 Å². The number of hydrogen-bond acceptors (Lipinski definition) is 5. The van der Waals surface area contributed by atoms with E-state index < -0.39 is 23.5 Å². The summed E-state index contributed by atoms with van der Waals surface area (Å²) in [6.45, 7) is 0. The lowest BCUT2D eigenvalue weighted by molar-refractivity contribution is -0.132. The molecule has 1 fully saturated rings. The fourth-order valence-corrected chi connectivity index (χ4v) is 3.50. The normalized spacial score (nSPS) is 17.9. The van der Waals surface area contributed by atoms with Crippen LogP contribution in [0.4, 0.5) is 10.1 Å². The number of aliphatic hydroxyl groups excluding tert-OH is 1. The van der Waals surface area contributed by atoms with E-state index in [0.29, 0.717) is 16.9 Å². The highest BCUT2D eigenvalue weighted by Crippen LogP contribution is 2.42. The number of rotatable bonds is 4. The van der Waals surface area contributed by atoms with Crippen LogP contribution in [-0.4, -0.2) is 28.9 Å². The van der Waals surface area contributed by atoms with Gasteiger partial charge >= 0.3 is 0 Å². The van der Waals surface area contributed by atoms with Crippen molar-refractivity contribution in [1.82, 2.24) is 4.98 Å². The second-order valence-corrected chi connectivity index (χ2v) is 6.67. The van der Waals surface area contributed by atoms with Crippen LogP contribution in [0.3, 0.4) is 0 Å². The smallest absolute Gasteiger partial charge is 0.300 e. The van der Waals surface area contributed by atoms with Gasteiger partial charge in [-0.3, -0.25) is 19.5 Å². The summed E-state index contributed by atoms with van der Waals surface area (Å²) in [5.74, 6) is -2.14. The van der Waals surface area contributed by atoms with Crippen LogP contribution < -0.4 is 9.64 Å². The molecule has 1 aliphatic rings. The van der Waals surface area contributed by atoms with Gasteiger partial charge in [0, 0.05) is 23.6 Å². The van der Waals surface area contributed by atoms with E-state index in [9.17, 15) is 19.1 Å². The summed E-state index contributed by atoms with van der Waals surface area (Å²) < 4.78 is 19.1. The third-order valence-electron chi connectivity index (χ3n) is 4.87. The van der Waals surface area contributed by atoms with E-state index in [1.54, 1.807) is 42.6 Å². The van der Waals surface area contributed by atoms with Gasteiger partial charge in [0.05, 0.1) is 18.7 Å². The van der Waals surface area contributed by atoms with Crippen molar-refractivity contribution >= 4 is 23.1 Å². The van der Waals surface area contributed by atoms with Gasteiger partial charge in [0.2, 0.25) is 0 Å². The number of benzene rings is 2. The van der Waals surface area contributed by atoms with E-state index in [1.807, 2.05) is 0 Å². The summed E-state index contributed by atoms with van der Waals surface area (Å²) in [7, 11) is 1.48. The highest BCUT2D eigenvalue weighted by atomic mass is 19.1. The molecule has 1 aliphatic heterocycles. The average molecular weight is 404 g/mol. The Balaban J connectivity index is 1.94. The molecular weight excluding hydrogens is 387 g/mol. The molecule has 1 atom stereocenters. The van der Waals surface area contributed by atoms with Crippen molar-refractivity contribution < 1.29 is 23.8 Å². The largest absolute Gasteiger partial charge is 0.507 e. The Morgan fingerprint density at radius 1 is 1.10 bits per heavy atom. The molecule has 1 saturated heterocycles. The van der Waals surface area contributed by atoms with E-state index in [4.69, 9.17) is 4.74 Å². The minimum atomic E-state index is -0.966. The number of aromatic nitrogens is 1. The molecule has 1 aromatic heterocycles. The Kier molecular flexibility index (Phi) is 5.02. The predicted octanol–water partition coefficient (Wildman–Crippen LogP) is 3.86. The molecular formula is C23H17FN2O4. The van der Waals surface area contributed by atoms with Gasteiger partial charge in [-0.05, 0) is 42.0 Å². The van der Waals surface area contributed by atoms with Crippen molar-refractivity contribution in [3.63, 3.8) is 0 Å². The number of hydrogen-bond donors (Lipinski definition) is 1. The van der Waals surface area contributed by atoms with Crippen LogP contribution in [0.1, 0.15) is 17.2 Å². The number of methoxy groups -OCH3 is 1. The molecule has 1 unspecified atom stereocenters. The van der Waals surface area contributed by atoms with Crippen LogP contribution in [0, 0.1) is 5.82 Å². The maximum Gasteiger partial charge on any atom is 0.300 e. The minimum absolute atomic E-state index is 0.106. The van der Waals surface area contributed by atoms with Crippen molar-refractivity contribution in [1.29, 1.82) is 0 Å². The molecule has 0 aliphatic carbocycles. The van der Waals surface area contributed by atoms with Crippen LogP contribution in [-0.2, 0) is 9.59 Å². The monoisotopic (exact) mass is 404 g/mol. The highest BCUT2D eigenvalue weighted by molar-refractivity contribution is 6.51. The number of halogens is 1. The van der Waals surface area contributed by atoms with Crippen LogP contribution in [0.25, 0.3) is 5.76 Å². The third-order valence-corrected chi connectivity index (χ3v) is 4.87. The average Bonchev–Trinajstić information content (AvgIpc) is 3.04. The van der Waals surface area contributed by atoms with Gasteiger partial charge in [0.15, 0.2) is 0 Å². The second-order valence-electron chi connectivity index (χ2n) is 6.67. The Morgan fingerprint density at radius 3 is 2.60 bits per heavy atom. The zero-order valence-electron chi connectivity index (χ0n) is 15.9. The molecule has 1 amide bonds. The highest BCUT2D eigenvalue weighted by Gasteiger charge is 2.47. The summed E-state index contributed by atoms with van der Waals surface area (Å²) in [6.07, 6.45) is 3.06. The first-order valence-electron chi connectivity index (χ1n) is 9.12. The molecule has 1 N–H and O–H groups in total. The van der Waals surface area contributed by atoms with Crippen molar-refractivity contribution in [2.24, 2.45) is 0 Å². The first-order chi connectivity index (χ1) is 14.5. The molecule has 0 saturated carbocycles. The van der Waals surface area contributed by atoms with Gasteiger partial charge in [0.1, 0.15) is 17.3 Å². The zero-order chi connectivity index (χ0) is 21.3. The number of carbonyl (C=O) groups excluding carboxylic acids is 2. The molecule has 0 bridgehead atoms. The maximum absolute atomic E-state index is 13.9. The van der Waals surface area contributed by atoms with Crippen molar-refractivity contribution in [2.75, 3.05) is 12.0 Å². The molecule has 2 aromatic carbocycles. The summed E-state index contributed by atoms with van der Waals surface area (Å²) in [4.78, 5) is 31.2. The number of amides is 1. The molecule has 3 aromatic rings. The maximum atomic E-state index is 13.9. The number of pyridine rings is 1. The molecule has 0 radical (unpaired) electrons. The molecule has 150 valence electrons. The minimum Gasteiger partial charge on any atom is -0.507 e. The molecule has 6 nitrogen and oxygen atoms in total. The van der Waals surface area contributed by atoms with Crippen LogP contribution in [0.5, 0.6) is 5.75 Å². The second kappa shape index (κ2) is 7.79. The number of aliphatic hydroxyl groups is 1. The summed E-state index contributed by atoms with van der Waals surface area (Å²) >= 11 is 0. The number of ether oxygens (including phenoxy) is 1. The van der Waals surface area contributed by atoms with Gasteiger partial charge in [-0.2, -0.15) is 0 Å². The molecule has 0 spiro atoms. The Bertz CT molecular complexity index is 1160. The lowest BCUT2D eigenvalue weighted by Gasteiger charge is -2.25. The fourth-order valence-electron chi connectivity index (χ4n) is 3.50. The first-order valence-corrected chi connectivity index (χ1v) is 9.12. The molecule has 7 heteroatoms. The SMILES string of the molecule is COc1cccc(/C(O)=C2\C(=O)C(=O)N(c3cccc(F)c3)C2c2cccnc2)c1. The topological polar surface area (TPSA) is 79.7 Å². The Morgan fingerprint density at radius 2 is 1.90 bits per heavy atom. The Hall–Kier alpha value is -4.00. The lowest BCUT2D eigenvalue weighted by Crippen LogP contribution is -2.29. The number of ketones is 1. The van der Waals surface area contributed by atoms with E-state index in [-0.39, 0.29) is 17.0 Å². The third kappa shape index (κ3) is 3.30. The van der Waals surface area contributed by atoms with Gasteiger partial charge in [-0.25, -0.2) is 4.39 Å². The molecule has 30 heavy (non-hydrogen) atoms. The predicted molar refractivity (Wildman–Crippen MR) is 108 cm³/mol. The molecule has 4 rings (SSSR count). The number of carbonyl (C=O) groups is 2.